The number of hydrogen-bond acceptors (Lipinski definition) is 4. The zero-order valence-corrected chi connectivity index (χ0v) is 12.3. The predicted molar refractivity (Wildman–Crippen MR) is 69.4 cm³/mol. The van der Waals surface area contributed by atoms with E-state index in [1.807, 2.05) is 13.8 Å². The quantitative estimate of drug-likeness (QED) is 0.288. The maximum Gasteiger partial charge on any atom is 0.331 e. The molecule has 0 spiro atoms. The van der Waals surface area contributed by atoms with Gasteiger partial charge in [0.1, 0.15) is 0 Å². The normalized spacial score (nSPS) is 11.5. The standard InChI is InChI=1S/C12H22O4Si/c1-4-5-6-9-15-11(13)7-8-12(14)16-17-10(2)3/h7-8,10H,4-6,9,17H2,1-3H3. The topological polar surface area (TPSA) is 52.6 Å². The molecule has 0 heterocycles. The molecule has 0 aliphatic rings. The highest BCUT2D eigenvalue weighted by Gasteiger charge is 2.02. The van der Waals surface area contributed by atoms with E-state index in [-0.39, 0.29) is 0 Å². The van der Waals surface area contributed by atoms with E-state index in [1.54, 1.807) is 0 Å². The van der Waals surface area contributed by atoms with E-state index in [9.17, 15) is 9.59 Å². The Balaban J connectivity index is 3.67. The van der Waals surface area contributed by atoms with Crippen molar-refractivity contribution < 1.29 is 18.8 Å². The summed E-state index contributed by atoms with van der Waals surface area (Å²) in [5, 5.41) is 0. The van der Waals surface area contributed by atoms with Crippen molar-refractivity contribution in [3.63, 3.8) is 0 Å². The van der Waals surface area contributed by atoms with Crippen LogP contribution in [0.3, 0.4) is 0 Å². The molecule has 5 heteroatoms. The van der Waals surface area contributed by atoms with Crippen molar-refractivity contribution in [2.75, 3.05) is 6.61 Å². The molecule has 4 nitrogen and oxygen atoms in total. The van der Waals surface area contributed by atoms with Gasteiger partial charge in [0.05, 0.1) is 6.61 Å². The lowest BCUT2D eigenvalue weighted by molar-refractivity contribution is -0.138. The van der Waals surface area contributed by atoms with Gasteiger partial charge in [0.2, 0.25) is 9.76 Å². The molecule has 0 saturated carbocycles. The molecule has 0 bridgehead atoms. The molecule has 0 saturated heterocycles. The molecule has 0 amide bonds. The fourth-order valence-electron chi connectivity index (χ4n) is 1.01. The molecule has 0 aromatic carbocycles. The molecular weight excluding hydrogens is 236 g/mol. The van der Waals surface area contributed by atoms with Crippen molar-refractivity contribution in [1.29, 1.82) is 0 Å². The number of esters is 1. The molecular formula is C12H22O4Si. The smallest absolute Gasteiger partial charge is 0.331 e. The summed E-state index contributed by atoms with van der Waals surface area (Å²) in [7, 11) is -0.822. The molecule has 0 unspecified atom stereocenters. The fraction of sp³-hybridized carbons (Fsp3) is 0.667. The summed E-state index contributed by atoms with van der Waals surface area (Å²) in [4.78, 5) is 22.3. The second-order valence-corrected chi connectivity index (χ2v) is 6.49. The molecule has 98 valence electrons. The van der Waals surface area contributed by atoms with E-state index in [0.717, 1.165) is 31.4 Å². The molecule has 0 radical (unpaired) electrons. The SMILES string of the molecule is CCCCCOC(=O)C=CC(=O)O[SiH2]C(C)C. The third-order valence-corrected chi connectivity index (χ3v) is 3.02. The van der Waals surface area contributed by atoms with Crippen LogP contribution in [0.4, 0.5) is 0 Å². The minimum absolute atomic E-state index is 0.410. The summed E-state index contributed by atoms with van der Waals surface area (Å²) in [6.07, 6.45) is 5.25. The van der Waals surface area contributed by atoms with Crippen LogP contribution in [0.25, 0.3) is 0 Å². The van der Waals surface area contributed by atoms with Gasteiger partial charge in [-0.25, -0.2) is 9.59 Å². The molecule has 0 fully saturated rings. The molecule has 0 rings (SSSR count). The van der Waals surface area contributed by atoms with E-state index in [2.05, 4.69) is 6.92 Å². The third kappa shape index (κ3) is 11.2. The maximum absolute atomic E-state index is 11.1. The van der Waals surface area contributed by atoms with Gasteiger partial charge in [-0.1, -0.05) is 33.6 Å². The fourth-order valence-corrected chi connectivity index (χ4v) is 1.60. The third-order valence-electron chi connectivity index (χ3n) is 1.91. The number of unbranched alkanes of at least 4 members (excludes halogenated alkanes) is 2. The second kappa shape index (κ2) is 10.1. The van der Waals surface area contributed by atoms with Gasteiger partial charge >= 0.3 is 11.9 Å². The van der Waals surface area contributed by atoms with Crippen LogP contribution in [0.2, 0.25) is 5.54 Å². The van der Waals surface area contributed by atoms with Crippen molar-refractivity contribution in [3.8, 4) is 0 Å². The van der Waals surface area contributed by atoms with Gasteiger partial charge in [-0.3, -0.25) is 0 Å². The first-order chi connectivity index (χ1) is 8.06. The Morgan fingerprint density at radius 3 is 2.41 bits per heavy atom. The first-order valence-electron chi connectivity index (χ1n) is 6.07. The summed E-state index contributed by atoms with van der Waals surface area (Å²) in [6.45, 7) is 6.50. The van der Waals surface area contributed by atoms with Gasteiger partial charge in [-0.15, -0.1) is 0 Å². The molecule has 0 atom stereocenters. The van der Waals surface area contributed by atoms with Crippen LogP contribution in [0.5, 0.6) is 0 Å². The van der Waals surface area contributed by atoms with Crippen LogP contribution in [-0.4, -0.2) is 28.3 Å². The van der Waals surface area contributed by atoms with Gasteiger partial charge in [-0.2, -0.15) is 0 Å². The van der Waals surface area contributed by atoms with Crippen LogP contribution in [0.1, 0.15) is 40.0 Å². The van der Waals surface area contributed by atoms with Crippen molar-refractivity contribution in [3.05, 3.63) is 12.2 Å². The Morgan fingerprint density at radius 2 is 1.82 bits per heavy atom. The summed E-state index contributed by atoms with van der Waals surface area (Å²) >= 11 is 0. The van der Waals surface area contributed by atoms with E-state index in [1.165, 1.54) is 0 Å². The van der Waals surface area contributed by atoms with Gasteiger partial charge in [0.25, 0.3) is 0 Å². The Hall–Kier alpha value is -1.10. The van der Waals surface area contributed by atoms with E-state index in [4.69, 9.17) is 9.16 Å². The van der Waals surface area contributed by atoms with Crippen LogP contribution in [-0.2, 0) is 18.8 Å². The van der Waals surface area contributed by atoms with E-state index >= 15 is 0 Å². The zero-order valence-electron chi connectivity index (χ0n) is 10.9. The molecule has 0 aliphatic heterocycles. The lowest BCUT2D eigenvalue weighted by Gasteiger charge is -2.03. The van der Waals surface area contributed by atoms with Crippen LogP contribution < -0.4 is 0 Å². The predicted octanol–water partition coefficient (Wildman–Crippen LogP) is 1.73. The molecule has 0 aliphatic carbocycles. The minimum Gasteiger partial charge on any atom is -0.522 e. The monoisotopic (exact) mass is 258 g/mol. The van der Waals surface area contributed by atoms with Crippen LogP contribution in [0.15, 0.2) is 12.2 Å². The first-order valence-corrected chi connectivity index (χ1v) is 7.47. The lowest BCUT2D eigenvalue weighted by atomic mass is 10.3. The van der Waals surface area contributed by atoms with Gasteiger partial charge in [0, 0.05) is 12.2 Å². The average Bonchev–Trinajstić information content (AvgIpc) is 2.29. The Bertz CT molecular complexity index is 261. The summed E-state index contributed by atoms with van der Waals surface area (Å²) in [5.74, 6) is -0.930. The van der Waals surface area contributed by atoms with Gasteiger partial charge < -0.3 is 9.16 Å². The molecule has 0 aromatic rings. The minimum atomic E-state index is -0.822. The van der Waals surface area contributed by atoms with E-state index in [0.29, 0.717) is 12.1 Å². The highest BCUT2D eigenvalue weighted by Crippen LogP contribution is 1.98. The number of hydrogen-bond donors (Lipinski definition) is 0. The highest BCUT2D eigenvalue weighted by atomic mass is 28.2. The van der Waals surface area contributed by atoms with Crippen LogP contribution in [0, 0.1) is 0 Å². The molecule has 0 N–H and O–H groups in total. The lowest BCUT2D eigenvalue weighted by Crippen LogP contribution is -2.09. The number of rotatable bonds is 8. The summed E-state index contributed by atoms with van der Waals surface area (Å²) in [6, 6.07) is 0. The number of carbonyl (C=O) groups excluding carboxylic acids is 2. The largest absolute Gasteiger partial charge is 0.522 e. The highest BCUT2D eigenvalue weighted by molar-refractivity contribution is 6.32. The zero-order chi connectivity index (χ0) is 13.1. The Morgan fingerprint density at radius 1 is 1.18 bits per heavy atom. The van der Waals surface area contributed by atoms with Crippen molar-refractivity contribution in [2.45, 2.75) is 45.6 Å². The maximum atomic E-state index is 11.1. The Labute approximate surface area is 105 Å². The van der Waals surface area contributed by atoms with Gasteiger partial charge in [-0.05, 0) is 12.0 Å². The van der Waals surface area contributed by atoms with Crippen LogP contribution >= 0.6 is 0 Å². The molecule has 17 heavy (non-hydrogen) atoms. The van der Waals surface area contributed by atoms with Crippen molar-refractivity contribution in [1.82, 2.24) is 0 Å². The van der Waals surface area contributed by atoms with Gasteiger partial charge in [0.15, 0.2) is 0 Å². The summed E-state index contributed by atoms with van der Waals surface area (Å²) in [5.41, 5.74) is 0.424. The number of carbonyl (C=O) groups is 2. The summed E-state index contributed by atoms with van der Waals surface area (Å²) < 4.78 is 9.90. The second-order valence-electron chi connectivity index (χ2n) is 4.23. The Kier molecular flexibility index (Phi) is 9.42. The first kappa shape index (κ1) is 15.9. The van der Waals surface area contributed by atoms with Crippen molar-refractivity contribution in [2.24, 2.45) is 0 Å². The van der Waals surface area contributed by atoms with E-state index < -0.39 is 21.7 Å². The molecule has 0 aromatic heterocycles. The van der Waals surface area contributed by atoms with Crippen molar-refractivity contribution >= 4 is 21.7 Å². The average molecular weight is 258 g/mol. The number of ether oxygens (including phenoxy) is 1.